The van der Waals surface area contributed by atoms with E-state index >= 15 is 0 Å². The summed E-state index contributed by atoms with van der Waals surface area (Å²) in [6.45, 7) is 4.50. The molecule has 2 rings (SSSR count). The molecule has 2 saturated carbocycles. The van der Waals surface area contributed by atoms with Crippen molar-refractivity contribution in [3.8, 4) is 0 Å². The van der Waals surface area contributed by atoms with Gasteiger partial charge in [0.15, 0.2) is 0 Å². The van der Waals surface area contributed by atoms with Crippen LogP contribution in [0.25, 0.3) is 0 Å². The molecule has 3 nitrogen and oxygen atoms in total. The quantitative estimate of drug-likeness (QED) is 0.754. The Hall–Kier alpha value is -0.570. The third-order valence-corrected chi connectivity index (χ3v) is 4.50. The first kappa shape index (κ1) is 11.9. The Balaban J connectivity index is 1.90. The summed E-state index contributed by atoms with van der Waals surface area (Å²) in [5, 5.41) is 12.6. The summed E-state index contributed by atoms with van der Waals surface area (Å²) in [6.07, 6.45) is 5.80. The molecule has 2 fully saturated rings. The molecular formula is C13H23NO2. The molecule has 3 heteroatoms. The number of carbonyl (C=O) groups is 1. The normalized spacial score (nSPS) is 36.2. The van der Waals surface area contributed by atoms with Crippen LogP contribution in [0.3, 0.4) is 0 Å². The highest BCUT2D eigenvalue weighted by atomic mass is 16.4. The minimum Gasteiger partial charge on any atom is -0.480 e. The lowest BCUT2D eigenvalue weighted by Gasteiger charge is -2.24. The summed E-state index contributed by atoms with van der Waals surface area (Å²) in [5.74, 6) is 1.15. The molecule has 4 unspecified atom stereocenters. The van der Waals surface area contributed by atoms with Crippen molar-refractivity contribution >= 4 is 5.97 Å². The SMILES string of the molecule is CCC1CCC(NC(C(=O)O)C2CC2)C1C. The molecule has 0 bridgehead atoms. The van der Waals surface area contributed by atoms with Crippen molar-refractivity contribution in [2.24, 2.45) is 17.8 Å². The van der Waals surface area contributed by atoms with E-state index in [0.29, 0.717) is 17.9 Å². The lowest BCUT2D eigenvalue weighted by molar-refractivity contribution is -0.140. The van der Waals surface area contributed by atoms with E-state index in [1.54, 1.807) is 0 Å². The Bertz CT molecular complexity index is 263. The van der Waals surface area contributed by atoms with Crippen LogP contribution in [0.1, 0.15) is 46.0 Å². The van der Waals surface area contributed by atoms with Crippen LogP contribution in [-0.2, 0) is 4.79 Å². The third kappa shape index (κ3) is 2.40. The molecule has 0 saturated heterocycles. The first-order valence-electron chi connectivity index (χ1n) is 6.62. The molecule has 92 valence electrons. The monoisotopic (exact) mass is 225 g/mol. The standard InChI is InChI=1S/C13H23NO2/c1-3-9-6-7-11(8(9)2)14-12(13(15)16)10-4-5-10/h8-12,14H,3-7H2,1-2H3,(H,15,16). The lowest BCUT2D eigenvalue weighted by Crippen LogP contribution is -2.46. The minimum absolute atomic E-state index is 0.289. The van der Waals surface area contributed by atoms with Crippen molar-refractivity contribution in [2.45, 2.75) is 58.0 Å². The van der Waals surface area contributed by atoms with Gasteiger partial charge < -0.3 is 10.4 Å². The van der Waals surface area contributed by atoms with E-state index in [1.165, 1.54) is 12.8 Å². The predicted molar refractivity (Wildman–Crippen MR) is 63.3 cm³/mol. The summed E-state index contributed by atoms with van der Waals surface area (Å²) in [7, 11) is 0. The fourth-order valence-corrected chi connectivity index (χ4v) is 3.13. The average Bonchev–Trinajstić information content (AvgIpc) is 3.01. The smallest absolute Gasteiger partial charge is 0.320 e. The largest absolute Gasteiger partial charge is 0.480 e. The molecule has 2 aliphatic carbocycles. The van der Waals surface area contributed by atoms with Crippen LogP contribution in [0.15, 0.2) is 0 Å². The van der Waals surface area contributed by atoms with Crippen molar-refractivity contribution in [3.63, 3.8) is 0 Å². The zero-order valence-electron chi connectivity index (χ0n) is 10.3. The number of carboxylic acids is 1. The van der Waals surface area contributed by atoms with Gasteiger partial charge in [-0.05, 0) is 43.4 Å². The van der Waals surface area contributed by atoms with Crippen LogP contribution in [0.5, 0.6) is 0 Å². The molecule has 0 aromatic rings. The molecule has 0 heterocycles. The Labute approximate surface area is 97.6 Å². The molecule has 2 N–H and O–H groups in total. The Morgan fingerprint density at radius 1 is 1.38 bits per heavy atom. The molecule has 0 aliphatic heterocycles. The second kappa shape index (κ2) is 4.74. The molecule has 0 radical (unpaired) electrons. The Morgan fingerprint density at radius 2 is 2.06 bits per heavy atom. The second-order valence-electron chi connectivity index (χ2n) is 5.53. The van der Waals surface area contributed by atoms with Gasteiger partial charge in [-0.3, -0.25) is 4.79 Å². The van der Waals surface area contributed by atoms with E-state index in [0.717, 1.165) is 25.2 Å². The van der Waals surface area contributed by atoms with Crippen molar-refractivity contribution in [3.05, 3.63) is 0 Å². The number of hydrogen-bond donors (Lipinski definition) is 2. The maximum absolute atomic E-state index is 11.2. The van der Waals surface area contributed by atoms with Crippen molar-refractivity contribution in [1.29, 1.82) is 0 Å². The predicted octanol–water partition coefficient (Wildman–Crippen LogP) is 2.26. The van der Waals surface area contributed by atoms with Crippen LogP contribution in [0.2, 0.25) is 0 Å². The van der Waals surface area contributed by atoms with Gasteiger partial charge in [-0.1, -0.05) is 20.3 Å². The van der Waals surface area contributed by atoms with Gasteiger partial charge in [-0.2, -0.15) is 0 Å². The molecule has 0 aromatic carbocycles. The number of aliphatic carboxylic acids is 1. The lowest BCUT2D eigenvalue weighted by atomic mass is 9.93. The van der Waals surface area contributed by atoms with Crippen LogP contribution in [-0.4, -0.2) is 23.2 Å². The van der Waals surface area contributed by atoms with Crippen molar-refractivity contribution in [2.75, 3.05) is 0 Å². The highest BCUT2D eigenvalue weighted by Crippen LogP contribution is 2.37. The average molecular weight is 225 g/mol. The van der Waals surface area contributed by atoms with Crippen LogP contribution in [0.4, 0.5) is 0 Å². The Kier molecular flexibility index (Phi) is 3.53. The van der Waals surface area contributed by atoms with Gasteiger partial charge in [0.05, 0.1) is 0 Å². The van der Waals surface area contributed by atoms with E-state index in [9.17, 15) is 9.90 Å². The maximum Gasteiger partial charge on any atom is 0.320 e. The molecule has 0 aromatic heterocycles. The van der Waals surface area contributed by atoms with Crippen molar-refractivity contribution < 1.29 is 9.90 Å². The molecule has 0 amide bonds. The van der Waals surface area contributed by atoms with E-state index in [2.05, 4.69) is 19.2 Å². The zero-order valence-corrected chi connectivity index (χ0v) is 10.3. The number of nitrogens with one attached hydrogen (secondary N) is 1. The first-order chi connectivity index (χ1) is 7.63. The topological polar surface area (TPSA) is 49.3 Å². The Morgan fingerprint density at radius 3 is 2.50 bits per heavy atom. The number of carboxylic acid groups (broad SMARTS) is 1. The highest BCUT2D eigenvalue weighted by Gasteiger charge is 2.40. The second-order valence-corrected chi connectivity index (χ2v) is 5.53. The highest BCUT2D eigenvalue weighted by molar-refractivity contribution is 5.74. The van der Waals surface area contributed by atoms with E-state index in [1.807, 2.05) is 0 Å². The summed E-state index contributed by atoms with van der Waals surface area (Å²) >= 11 is 0. The summed E-state index contributed by atoms with van der Waals surface area (Å²) in [6, 6.07) is 0.134. The van der Waals surface area contributed by atoms with E-state index < -0.39 is 5.97 Å². The summed E-state index contributed by atoms with van der Waals surface area (Å²) in [5.41, 5.74) is 0. The fraction of sp³-hybridized carbons (Fsp3) is 0.923. The van der Waals surface area contributed by atoms with E-state index in [-0.39, 0.29) is 6.04 Å². The van der Waals surface area contributed by atoms with Crippen molar-refractivity contribution in [1.82, 2.24) is 5.32 Å². The summed E-state index contributed by atoms with van der Waals surface area (Å²) in [4.78, 5) is 11.2. The first-order valence-corrected chi connectivity index (χ1v) is 6.62. The third-order valence-electron chi connectivity index (χ3n) is 4.50. The minimum atomic E-state index is -0.658. The van der Waals surface area contributed by atoms with Gasteiger partial charge in [-0.25, -0.2) is 0 Å². The van der Waals surface area contributed by atoms with Gasteiger partial charge >= 0.3 is 5.97 Å². The molecular weight excluding hydrogens is 202 g/mol. The van der Waals surface area contributed by atoms with Gasteiger partial charge in [0.2, 0.25) is 0 Å². The van der Waals surface area contributed by atoms with Gasteiger partial charge in [0, 0.05) is 6.04 Å². The van der Waals surface area contributed by atoms with Crippen LogP contribution < -0.4 is 5.32 Å². The fourth-order valence-electron chi connectivity index (χ4n) is 3.13. The number of rotatable bonds is 5. The summed E-state index contributed by atoms with van der Waals surface area (Å²) < 4.78 is 0. The number of hydrogen-bond acceptors (Lipinski definition) is 2. The van der Waals surface area contributed by atoms with Gasteiger partial charge in [-0.15, -0.1) is 0 Å². The molecule has 2 aliphatic rings. The molecule has 4 atom stereocenters. The van der Waals surface area contributed by atoms with Gasteiger partial charge in [0.1, 0.15) is 6.04 Å². The van der Waals surface area contributed by atoms with Gasteiger partial charge in [0.25, 0.3) is 0 Å². The molecule has 0 spiro atoms. The van der Waals surface area contributed by atoms with Crippen LogP contribution >= 0.6 is 0 Å². The zero-order chi connectivity index (χ0) is 11.7. The van der Waals surface area contributed by atoms with Crippen LogP contribution in [0, 0.1) is 17.8 Å². The van der Waals surface area contributed by atoms with E-state index in [4.69, 9.17) is 0 Å². The maximum atomic E-state index is 11.2. The molecule has 16 heavy (non-hydrogen) atoms.